The predicted molar refractivity (Wildman–Crippen MR) is 121 cm³/mol. The molecule has 2 saturated heterocycles. The zero-order valence-electron chi connectivity index (χ0n) is 17.3. The number of piperazine rings is 1. The van der Waals surface area contributed by atoms with Crippen molar-refractivity contribution in [2.75, 3.05) is 13.7 Å². The van der Waals surface area contributed by atoms with Crippen molar-refractivity contribution in [1.29, 1.82) is 0 Å². The van der Waals surface area contributed by atoms with Crippen LogP contribution in [-0.2, 0) is 22.6 Å². The number of amides is 2. The molecule has 0 spiro atoms. The van der Waals surface area contributed by atoms with E-state index in [4.69, 9.17) is 4.74 Å². The van der Waals surface area contributed by atoms with Gasteiger partial charge in [-0.15, -0.1) is 11.3 Å². The number of carbonyl (C=O) groups is 2. The van der Waals surface area contributed by atoms with E-state index in [1.54, 1.807) is 23.3 Å². The first-order valence-electron chi connectivity index (χ1n) is 10.6. The molecule has 3 aromatic rings. The van der Waals surface area contributed by atoms with Gasteiger partial charge in [0.1, 0.15) is 17.8 Å². The molecule has 2 amide bonds. The second-order valence-corrected chi connectivity index (χ2v) is 9.35. The number of ether oxygens (including phenoxy) is 1. The minimum atomic E-state index is -0.515. The number of rotatable bonds is 6. The first kappa shape index (κ1) is 20.0. The number of nitrogens with zero attached hydrogens (tertiary/aromatic N) is 1. The molecule has 0 saturated carbocycles. The molecular weight excluding hydrogens is 410 g/mol. The van der Waals surface area contributed by atoms with Crippen molar-refractivity contribution in [3.8, 4) is 5.75 Å². The lowest BCUT2D eigenvalue weighted by Gasteiger charge is -2.34. The molecule has 2 fully saturated rings. The molecule has 3 heterocycles. The van der Waals surface area contributed by atoms with Gasteiger partial charge in [0.2, 0.25) is 11.8 Å². The average Bonchev–Trinajstić information content (AvgIpc) is 3.41. The van der Waals surface area contributed by atoms with Crippen molar-refractivity contribution < 1.29 is 14.3 Å². The summed E-state index contributed by atoms with van der Waals surface area (Å²) in [6.45, 7) is 1.32. The number of benzene rings is 2. The zero-order valence-corrected chi connectivity index (χ0v) is 18.2. The normalized spacial score (nSPS) is 23.1. The molecule has 2 aliphatic rings. The Morgan fingerprint density at radius 2 is 1.97 bits per heavy atom. The SMILES string of the molecule is COc1ccc(C[C@@H]2NC(=O)[C@@H]3C[C@H](NCc4cc5ccccc5s4)CN3C2=O)cc1. The van der Waals surface area contributed by atoms with Crippen molar-refractivity contribution in [3.05, 3.63) is 65.0 Å². The predicted octanol–water partition coefficient (Wildman–Crippen LogP) is 2.71. The fourth-order valence-electron chi connectivity index (χ4n) is 4.51. The molecule has 1 aromatic heterocycles. The number of hydrogen-bond donors (Lipinski definition) is 2. The third-order valence-corrected chi connectivity index (χ3v) is 7.26. The van der Waals surface area contributed by atoms with Gasteiger partial charge in [-0.3, -0.25) is 9.59 Å². The Morgan fingerprint density at radius 1 is 1.16 bits per heavy atom. The van der Waals surface area contributed by atoms with Gasteiger partial charge >= 0.3 is 0 Å². The molecule has 0 aliphatic carbocycles. The Balaban J connectivity index is 1.22. The highest BCUT2D eigenvalue weighted by Crippen LogP contribution is 2.27. The quantitative estimate of drug-likeness (QED) is 0.625. The summed E-state index contributed by atoms with van der Waals surface area (Å²) < 4.78 is 6.46. The van der Waals surface area contributed by atoms with Crippen LogP contribution in [-0.4, -0.2) is 48.5 Å². The molecule has 5 rings (SSSR count). The number of nitrogens with one attached hydrogen (secondary N) is 2. The average molecular weight is 436 g/mol. The van der Waals surface area contributed by atoms with Crippen molar-refractivity contribution in [3.63, 3.8) is 0 Å². The molecule has 2 N–H and O–H groups in total. The Bertz CT molecular complexity index is 1080. The summed E-state index contributed by atoms with van der Waals surface area (Å²) in [5.74, 6) is 0.728. The van der Waals surface area contributed by atoms with E-state index < -0.39 is 6.04 Å². The van der Waals surface area contributed by atoms with Crippen LogP contribution in [0.25, 0.3) is 10.1 Å². The number of hydrogen-bond acceptors (Lipinski definition) is 5. The van der Waals surface area contributed by atoms with E-state index in [2.05, 4.69) is 34.9 Å². The Hall–Kier alpha value is -2.90. The maximum absolute atomic E-state index is 13.1. The molecule has 3 atom stereocenters. The van der Waals surface area contributed by atoms with Crippen LogP contribution >= 0.6 is 11.3 Å². The maximum atomic E-state index is 13.1. The molecule has 31 heavy (non-hydrogen) atoms. The van der Waals surface area contributed by atoms with Crippen molar-refractivity contribution >= 4 is 33.2 Å². The Morgan fingerprint density at radius 3 is 2.74 bits per heavy atom. The highest BCUT2D eigenvalue weighted by atomic mass is 32.1. The van der Waals surface area contributed by atoms with E-state index in [-0.39, 0.29) is 23.9 Å². The second kappa shape index (κ2) is 8.32. The minimum Gasteiger partial charge on any atom is -0.497 e. The highest BCUT2D eigenvalue weighted by molar-refractivity contribution is 7.19. The van der Waals surface area contributed by atoms with Gasteiger partial charge in [0.25, 0.3) is 0 Å². The molecular formula is C24H25N3O3S. The van der Waals surface area contributed by atoms with Gasteiger partial charge in [0.15, 0.2) is 0 Å². The van der Waals surface area contributed by atoms with Crippen LogP contribution in [0.3, 0.4) is 0 Å². The molecule has 7 heteroatoms. The van der Waals surface area contributed by atoms with Gasteiger partial charge in [0.05, 0.1) is 7.11 Å². The molecule has 2 aliphatic heterocycles. The van der Waals surface area contributed by atoms with E-state index in [1.807, 2.05) is 30.3 Å². The molecule has 0 bridgehead atoms. The number of carbonyl (C=O) groups excluding carboxylic acids is 2. The summed E-state index contributed by atoms with van der Waals surface area (Å²) in [6, 6.07) is 17.4. The summed E-state index contributed by atoms with van der Waals surface area (Å²) in [4.78, 5) is 28.8. The third-order valence-electron chi connectivity index (χ3n) is 6.14. The zero-order chi connectivity index (χ0) is 21.4. The summed E-state index contributed by atoms with van der Waals surface area (Å²) >= 11 is 1.78. The van der Waals surface area contributed by atoms with Gasteiger partial charge in [0, 0.05) is 35.1 Å². The summed E-state index contributed by atoms with van der Waals surface area (Å²) in [6.07, 6.45) is 1.13. The lowest BCUT2D eigenvalue weighted by Crippen LogP contribution is -2.61. The maximum Gasteiger partial charge on any atom is 0.246 e. The van der Waals surface area contributed by atoms with E-state index in [9.17, 15) is 9.59 Å². The minimum absolute atomic E-state index is 0.00609. The van der Waals surface area contributed by atoms with E-state index in [0.29, 0.717) is 19.4 Å². The number of fused-ring (bicyclic) bond motifs is 2. The van der Waals surface area contributed by atoms with Crippen LogP contribution < -0.4 is 15.4 Å². The lowest BCUT2D eigenvalue weighted by molar-refractivity contribution is -0.147. The van der Waals surface area contributed by atoms with Crippen LogP contribution in [0.2, 0.25) is 0 Å². The number of thiophene rings is 1. The molecule has 0 unspecified atom stereocenters. The fraction of sp³-hybridized carbons (Fsp3) is 0.333. The largest absolute Gasteiger partial charge is 0.497 e. The fourth-order valence-corrected chi connectivity index (χ4v) is 5.53. The molecule has 160 valence electrons. The third kappa shape index (κ3) is 4.03. The molecule has 2 aromatic carbocycles. The topological polar surface area (TPSA) is 70.7 Å². The highest BCUT2D eigenvalue weighted by Gasteiger charge is 2.46. The van der Waals surface area contributed by atoms with Crippen LogP contribution in [0.1, 0.15) is 16.9 Å². The number of methoxy groups -OCH3 is 1. The lowest BCUT2D eigenvalue weighted by atomic mass is 10.0. The van der Waals surface area contributed by atoms with Gasteiger partial charge in [-0.25, -0.2) is 0 Å². The van der Waals surface area contributed by atoms with Crippen LogP contribution in [0.4, 0.5) is 0 Å². The summed E-state index contributed by atoms with van der Waals surface area (Å²) in [5.41, 5.74) is 0.997. The van der Waals surface area contributed by atoms with Gasteiger partial charge in [-0.05, 0) is 41.6 Å². The van der Waals surface area contributed by atoms with Crippen LogP contribution in [0.5, 0.6) is 5.75 Å². The first-order chi connectivity index (χ1) is 15.1. The standard InChI is InChI=1S/C24H25N3O3S/c1-30-18-8-6-15(7-9-18)10-20-24(29)27-14-17(12-21(27)23(28)26-20)25-13-19-11-16-4-2-3-5-22(16)31-19/h2-9,11,17,20-21,25H,10,12-14H2,1H3,(H,26,28)/t17-,20-,21-/m0/s1. The Labute approximate surface area is 185 Å². The van der Waals surface area contributed by atoms with Gasteiger partial charge < -0.3 is 20.3 Å². The second-order valence-electron chi connectivity index (χ2n) is 8.18. The van der Waals surface area contributed by atoms with Crippen molar-refractivity contribution in [2.45, 2.75) is 37.5 Å². The van der Waals surface area contributed by atoms with Crippen LogP contribution in [0, 0.1) is 0 Å². The molecule has 6 nitrogen and oxygen atoms in total. The van der Waals surface area contributed by atoms with Crippen molar-refractivity contribution in [1.82, 2.24) is 15.5 Å². The molecule has 0 radical (unpaired) electrons. The first-order valence-corrected chi connectivity index (χ1v) is 11.4. The summed E-state index contributed by atoms with van der Waals surface area (Å²) in [7, 11) is 1.62. The smallest absolute Gasteiger partial charge is 0.246 e. The van der Waals surface area contributed by atoms with E-state index >= 15 is 0 Å². The van der Waals surface area contributed by atoms with Crippen molar-refractivity contribution in [2.24, 2.45) is 0 Å². The monoisotopic (exact) mass is 435 g/mol. The van der Waals surface area contributed by atoms with Gasteiger partial charge in [-0.2, -0.15) is 0 Å². The van der Waals surface area contributed by atoms with Gasteiger partial charge in [-0.1, -0.05) is 30.3 Å². The van der Waals surface area contributed by atoms with Crippen LogP contribution in [0.15, 0.2) is 54.6 Å². The van der Waals surface area contributed by atoms with E-state index in [1.165, 1.54) is 15.0 Å². The van der Waals surface area contributed by atoms with E-state index in [0.717, 1.165) is 17.9 Å². The summed E-state index contributed by atoms with van der Waals surface area (Å²) in [5, 5.41) is 7.75. The Kier molecular flexibility index (Phi) is 5.38.